The molecule has 0 aromatic carbocycles. The van der Waals surface area contributed by atoms with Crippen LogP contribution in [0.2, 0.25) is 0 Å². The van der Waals surface area contributed by atoms with Crippen molar-refractivity contribution in [1.82, 2.24) is 0 Å². The van der Waals surface area contributed by atoms with E-state index in [0.29, 0.717) is 0 Å². The van der Waals surface area contributed by atoms with Gasteiger partial charge in [0.25, 0.3) is 0 Å². The summed E-state index contributed by atoms with van der Waals surface area (Å²) in [5.41, 5.74) is 0. The first-order chi connectivity index (χ1) is 0. The predicted molar refractivity (Wildman–Crippen MR) is 0 cm³/mol. The van der Waals surface area contributed by atoms with E-state index in [2.05, 4.69) is 0 Å². The minimum absolute atomic E-state index is 0. The molecule has 0 aromatic heterocycles. The molecule has 0 heterocycles. The molecule has 0 amide bonds. The normalized spacial score (nSPS) is 0. The molecule has 0 saturated carbocycles. The molecule has 0 aromatic rings. The van der Waals surface area contributed by atoms with E-state index >= 15 is 0 Å². The Morgan fingerprint density at radius 3 is 0.111 bits per heavy atom. The third-order valence-electron chi connectivity index (χ3n) is 0. The second-order valence-electron chi connectivity index (χ2n) is 0. The van der Waals surface area contributed by atoms with Crippen molar-refractivity contribution in [3.8, 4) is 0 Å². The largest absolute Gasteiger partial charge is 0 e. The molecule has 0 aliphatic carbocycles. The van der Waals surface area contributed by atoms with E-state index in [9.17, 15) is 0 Å². The van der Waals surface area contributed by atoms with Gasteiger partial charge in [0.15, 0.2) is 0 Å². The quantitative estimate of drug-likeness (QED) is 0.321. The Labute approximate surface area is 0 Å². The van der Waals surface area contributed by atoms with Gasteiger partial charge in [-0.2, -0.15) is 0 Å². The second kappa shape index (κ2) is -0.0494. The molecule has 0 fully saturated rings. The Hall–Kier alpha value is -9.00. The van der Waals surface area contributed by atoms with Gasteiger partial charge in [-0.05, 0) is 0 Å². The van der Waals surface area contributed by atoms with Gasteiger partial charge >= 0.3 is 0 Å². The summed E-state index contributed by atoms with van der Waals surface area (Å²) in [6.45, 7) is 0. The zero-order chi connectivity index (χ0) is 0. The SMILES string of the molecule is [Rf].[Rf].[Rf].[Rf].[Rf].[Rf].[Rf].[Rf].[Rf]. The van der Waals surface area contributed by atoms with Crippen molar-refractivity contribution in [2.45, 2.75) is 0 Å². The summed E-state index contributed by atoms with van der Waals surface area (Å²) in [6.07, 6.45) is 0. The molecule has 0 saturated heterocycles. The number of hydrogen-bond acceptors (Lipinski definition) is 0. The molecule has 0 bridgehead atoms. The predicted octanol–water partition coefficient (Wildman–Crippen LogP) is 0. The number of hydrogen-bond donors (Lipinski definition) is 0. The third-order valence-corrected chi connectivity index (χ3v) is 0. The Bertz CT molecular complexity index is 0. The van der Waals surface area contributed by atoms with Crippen LogP contribution in [0.15, 0.2) is 0 Å². The summed E-state index contributed by atoms with van der Waals surface area (Å²) in [5, 5.41) is 0. The minimum Gasteiger partial charge on any atom is 0 e. The van der Waals surface area contributed by atoms with Gasteiger partial charge in [0.05, 0.1) is 0 Å². The summed E-state index contributed by atoms with van der Waals surface area (Å²) in [5.74, 6) is 0. The topological polar surface area (TPSA) is 0 Å². The molecule has 0 atom stereocenters. The van der Waals surface area contributed by atoms with E-state index in [-0.39, 0.29) is 0 Å². The van der Waals surface area contributed by atoms with Gasteiger partial charge < -0.3 is 0 Å². The maximum absolute atomic E-state index is 0. The average molecular weight is 2400 g/mol. The van der Waals surface area contributed by atoms with Gasteiger partial charge in [-0.25, -0.2) is 0 Å². The Kier molecular flexibility index (Phi) is 0. The van der Waals surface area contributed by atoms with Crippen LogP contribution in [-0.4, -0.2) is 0 Å². The fourth-order valence-electron chi connectivity index (χ4n) is 0. The standard InChI is InChI=1S/9Rf. The van der Waals surface area contributed by atoms with Crippen molar-refractivity contribution in [2.24, 2.45) is 0 Å². The fraction of sp³-hybridized carbons (Fsp3) is 0. The van der Waals surface area contributed by atoms with Crippen molar-refractivity contribution in [1.29, 1.82) is 0 Å². The van der Waals surface area contributed by atoms with Gasteiger partial charge in [-0.3, -0.25) is 0 Å². The molecule has 0 radical (unpaired) electrons. The summed E-state index contributed by atoms with van der Waals surface area (Å²) in [6, 6.07) is 0. The van der Waals surface area contributed by atoms with E-state index in [1.54, 1.807) is 0 Å². The molecule has 0 nitrogen and oxygen atoms in total. The van der Waals surface area contributed by atoms with Gasteiger partial charge in [-0.15, -0.1) is 0 Å². The average Bonchev–Trinajstić information content (AvgIpc) is 0. The van der Waals surface area contributed by atoms with E-state index in [1.807, 2.05) is 0 Å². The van der Waals surface area contributed by atoms with Crippen LogP contribution in [0.4, 0.5) is 0 Å². The summed E-state index contributed by atoms with van der Waals surface area (Å²) in [4.78, 5) is 0. The summed E-state index contributed by atoms with van der Waals surface area (Å²) in [7, 11) is 0. The number of rotatable bonds is 0. The Morgan fingerprint density at radius 1 is 0.111 bits per heavy atom. The molecule has 0 rings (SSSR count). The van der Waals surface area contributed by atoms with Crippen molar-refractivity contribution >= 4 is 0 Å². The van der Waals surface area contributed by atoms with Crippen molar-refractivity contribution < 1.29 is 0 Å². The molecule has 0 aliphatic rings. The van der Waals surface area contributed by atoms with Gasteiger partial charge in [-0.1, -0.05) is 0 Å². The zero-order valence-electron chi connectivity index (χ0n) is 6.36. The van der Waals surface area contributed by atoms with Gasteiger partial charge in [0, 0.05) is 0 Å². The maximum atomic E-state index is 0. The molecular weight excluding hydrogens is 2400 g/mol. The zero-order valence-corrected chi connectivity index (χ0v) is 64.0. The smallest absolute Gasteiger partial charge is 0 e. The van der Waals surface area contributed by atoms with Crippen molar-refractivity contribution in [3.05, 3.63) is 0 Å². The first-order valence-electron chi connectivity index (χ1n) is 0. The van der Waals surface area contributed by atoms with E-state index < -0.39 is 0 Å². The Balaban J connectivity index is 0. The maximum Gasteiger partial charge on any atom is 0 e. The van der Waals surface area contributed by atoms with Crippen LogP contribution in [0.1, 0.15) is 0 Å². The molecule has 9 heteroatoms. The van der Waals surface area contributed by atoms with Crippen LogP contribution in [0.5, 0.6) is 0 Å². The molecule has 0 aliphatic heterocycles. The molecule has 18 valence electrons. The minimum atomic E-state index is 0. The van der Waals surface area contributed by atoms with Crippen molar-refractivity contribution in [2.75, 3.05) is 0 Å². The monoisotopic (exact) mass is 2400 g/mol. The molecule has 0 unspecified atom stereocenters. The van der Waals surface area contributed by atoms with Gasteiger partial charge in [0.2, 0.25) is 0 Å². The summed E-state index contributed by atoms with van der Waals surface area (Å²) >= 11 is 0. The molecule has 0 N–H and O–H groups in total. The first-order valence-corrected chi connectivity index (χ1v) is 0. The Morgan fingerprint density at radius 2 is 0.111 bits per heavy atom. The van der Waals surface area contributed by atoms with Crippen LogP contribution < -0.4 is 0 Å². The fourth-order valence-corrected chi connectivity index (χ4v) is 0. The van der Waals surface area contributed by atoms with Crippen LogP contribution in [0, 0.1) is 0 Å². The van der Waals surface area contributed by atoms with Crippen molar-refractivity contribution in [3.63, 3.8) is 0 Å². The second-order valence-corrected chi connectivity index (χ2v) is 0. The third kappa shape index (κ3) is -0.111. The van der Waals surface area contributed by atoms with E-state index in [0.717, 1.165) is 0 Å². The first kappa shape index (κ1) is 0. The van der Waals surface area contributed by atoms with Crippen LogP contribution in [-0.2, 0) is 0 Å². The molecule has 9 heavy (non-hydrogen) atoms. The van der Waals surface area contributed by atoms with Crippen LogP contribution in [0.3, 0.4) is 0 Å². The van der Waals surface area contributed by atoms with Crippen LogP contribution >= 0.6 is 0 Å². The van der Waals surface area contributed by atoms with E-state index in [1.165, 1.54) is 0 Å². The van der Waals surface area contributed by atoms with Crippen LogP contribution in [0.25, 0.3) is 0 Å². The van der Waals surface area contributed by atoms with Gasteiger partial charge in [0.1, 0.15) is 0 Å². The molecule has 0 spiro atoms. The molecular formula is Rf9. The summed E-state index contributed by atoms with van der Waals surface area (Å²) < 4.78 is 0. The van der Waals surface area contributed by atoms with E-state index in [4.69, 9.17) is 0 Å².